The monoisotopic (exact) mass is 160 g/mol. The third-order valence-corrected chi connectivity index (χ3v) is 2.09. The van der Waals surface area contributed by atoms with E-state index in [0.29, 0.717) is 5.92 Å². The van der Waals surface area contributed by atoms with Crippen molar-refractivity contribution in [3.05, 3.63) is 36.3 Å². The normalized spacial score (nSPS) is 26.6. The summed E-state index contributed by atoms with van der Waals surface area (Å²) in [4.78, 5) is 6.10. The summed E-state index contributed by atoms with van der Waals surface area (Å²) in [6.07, 6.45) is 13.3. The largest absolute Gasteiger partial charge is 0.308 e. The molecule has 2 heterocycles. The first kappa shape index (κ1) is 7.35. The highest BCUT2D eigenvalue weighted by molar-refractivity contribution is 5.64. The smallest absolute Gasteiger partial charge is 0.0990 e. The highest BCUT2D eigenvalue weighted by Crippen LogP contribution is 2.18. The third-order valence-electron chi connectivity index (χ3n) is 2.09. The summed E-state index contributed by atoms with van der Waals surface area (Å²) in [5.74, 6) is 0.630. The van der Waals surface area contributed by atoms with E-state index in [1.807, 2.05) is 23.5 Å². The maximum Gasteiger partial charge on any atom is 0.0990 e. The van der Waals surface area contributed by atoms with E-state index >= 15 is 0 Å². The Kier molecular flexibility index (Phi) is 1.82. The van der Waals surface area contributed by atoms with Gasteiger partial charge in [-0.3, -0.25) is 0 Å². The maximum absolute atomic E-state index is 4.06. The van der Waals surface area contributed by atoms with E-state index in [0.717, 1.165) is 6.42 Å². The van der Waals surface area contributed by atoms with Crippen LogP contribution in [0, 0.1) is 5.92 Å². The average molecular weight is 160 g/mol. The summed E-state index contributed by atoms with van der Waals surface area (Å²) in [6.45, 7) is 2.22. The highest BCUT2D eigenvalue weighted by atomic mass is 15.2. The molecule has 0 fully saturated rings. The van der Waals surface area contributed by atoms with Gasteiger partial charge in [0.1, 0.15) is 0 Å². The number of hydrogen-bond donors (Lipinski definition) is 0. The minimum atomic E-state index is 0.630. The third kappa shape index (κ3) is 1.33. The Morgan fingerprint density at radius 2 is 2.50 bits per heavy atom. The summed E-state index contributed by atoms with van der Waals surface area (Å²) in [7, 11) is 0. The molecule has 2 aliphatic rings. The molecule has 0 saturated carbocycles. The fraction of sp³-hybridized carbons (Fsp3) is 0.300. The molecule has 0 radical (unpaired) electrons. The minimum Gasteiger partial charge on any atom is -0.308 e. The quantitative estimate of drug-likeness (QED) is 0.530. The topological polar surface area (TPSA) is 15.6 Å². The van der Waals surface area contributed by atoms with Crippen molar-refractivity contribution in [3.63, 3.8) is 0 Å². The number of aliphatic imine (C=N–C) groups is 1. The number of allylic oxidation sites excluding steroid dienone is 3. The zero-order valence-corrected chi connectivity index (χ0v) is 7.14. The first-order valence-corrected chi connectivity index (χ1v) is 4.23. The SMILES string of the molecule is CC1C=CN2C=NC=CC2=CC1. The Hall–Kier alpha value is -1.31. The molecule has 2 heteroatoms. The fourth-order valence-electron chi connectivity index (χ4n) is 1.31. The van der Waals surface area contributed by atoms with Crippen LogP contribution in [0.2, 0.25) is 0 Å². The Morgan fingerprint density at radius 3 is 3.42 bits per heavy atom. The van der Waals surface area contributed by atoms with Crippen molar-refractivity contribution in [2.24, 2.45) is 10.9 Å². The van der Waals surface area contributed by atoms with Crippen LogP contribution < -0.4 is 0 Å². The Labute approximate surface area is 72.6 Å². The van der Waals surface area contributed by atoms with Gasteiger partial charge in [0, 0.05) is 18.1 Å². The summed E-state index contributed by atoms with van der Waals surface area (Å²) in [5, 5.41) is 0. The summed E-state index contributed by atoms with van der Waals surface area (Å²) < 4.78 is 0. The molecular formula is C10H12N2. The van der Waals surface area contributed by atoms with Gasteiger partial charge in [-0.2, -0.15) is 0 Å². The van der Waals surface area contributed by atoms with Crippen LogP contribution in [0.1, 0.15) is 13.3 Å². The van der Waals surface area contributed by atoms with Crippen molar-refractivity contribution in [2.45, 2.75) is 13.3 Å². The van der Waals surface area contributed by atoms with Gasteiger partial charge in [0.15, 0.2) is 0 Å². The number of rotatable bonds is 0. The second kappa shape index (κ2) is 2.97. The van der Waals surface area contributed by atoms with Gasteiger partial charge in [0.05, 0.1) is 6.34 Å². The zero-order chi connectivity index (χ0) is 8.39. The van der Waals surface area contributed by atoms with Crippen LogP contribution >= 0.6 is 0 Å². The molecule has 2 aliphatic heterocycles. The molecule has 0 amide bonds. The van der Waals surface area contributed by atoms with Gasteiger partial charge in [-0.25, -0.2) is 4.99 Å². The molecule has 2 rings (SSSR count). The van der Waals surface area contributed by atoms with E-state index in [2.05, 4.69) is 30.3 Å². The molecule has 0 aromatic heterocycles. The molecule has 12 heavy (non-hydrogen) atoms. The lowest BCUT2D eigenvalue weighted by Gasteiger charge is -2.16. The van der Waals surface area contributed by atoms with Crippen molar-refractivity contribution >= 4 is 6.34 Å². The van der Waals surface area contributed by atoms with E-state index in [-0.39, 0.29) is 0 Å². The Morgan fingerprint density at radius 1 is 1.58 bits per heavy atom. The minimum absolute atomic E-state index is 0.630. The molecule has 1 unspecified atom stereocenters. The molecule has 1 atom stereocenters. The molecule has 0 aliphatic carbocycles. The van der Waals surface area contributed by atoms with Crippen molar-refractivity contribution in [1.29, 1.82) is 0 Å². The standard InChI is InChI=1S/C10H12N2/c1-9-2-3-10-4-6-11-8-12(10)7-5-9/h3-9H,2H2,1H3. The molecular weight excluding hydrogens is 148 g/mol. The van der Waals surface area contributed by atoms with Gasteiger partial charge in [0.2, 0.25) is 0 Å². The van der Waals surface area contributed by atoms with Crippen molar-refractivity contribution in [3.8, 4) is 0 Å². The van der Waals surface area contributed by atoms with E-state index in [1.165, 1.54) is 5.70 Å². The van der Waals surface area contributed by atoms with Crippen molar-refractivity contribution in [2.75, 3.05) is 0 Å². The van der Waals surface area contributed by atoms with E-state index in [4.69, 9.17) is 0 Å². The lowest BCUT2D eigenvalue weighted by atomic mass is 10.1. The first-order chi connectivity index (χ1) is 5.86. The van der Waals surface area contributed by atoms with Crippen LogP contribution in [-0.4, -0.2) is 11.2 Å². The summed E-state index contributed by atoms with van der Waals surface area (Å²) in [5.41, 5.74) is 1.23. The number of fused-ring (bicyclic) bond motifs is 1. The Bertz CT molecular complexity index is 284. The molecule has 0 saturated heterocycles. The number of hydrogen-bond acceptors (Lipinski definition) is 2. The zero-order valence-electron chi connectivity index (χ0n) is 7.14. The Balaban J connectivity index is 2.29. The molecule has 0 bridgehead atoms. The van der Waals surface area contributed by atoms with Gasteiger partial charge >= 0.3 is 0 Å². The van der Waals surface area contributed by atoms with E-state index in [1.54, 1.807) is 0 Å². The summed E-state index contributed by atoms with van der Waals surface area (Å²) in [6, 6.07) is 0. The predicted molar refractivity (Wildman–Crippen MR) is 50.5 cm³/mol. The van der Waals surface area contributed by atoms with Gasteiger partial charge in [0.25, 0.3) is 0 Å². The van der Waals surface area contributed by atoms with Gasteiger partial charge in [-0.1, -0.05) is 19.1 Å². The molecule has 0 spiro atoms. The molecule has 62 valence electrons. The highest BCUT2D eigenvalue weighted by Gasteiger charge is 2.08. The van der Waals surface area contributed by atoms with Crippen LogP contribution in [0.25, 0.3) is 0 Å². The first-order valence-electron chi connectivity index (χ1n) is 4.23. The van der Waals surface area contributed by atoms with Gasteiger partial charge in [-0.15, -0.1) is 0 Å². The molecule has 2 nitrogen and oxygen atoms in total. The van der Waals surface area contributed by atoms with Crippen LogP contribution in [-0.2, 0) is 0 Å². The van der Waals surface area contributed by atoms with Crippen molar-refractivity contribution < 1.29 is 0 Å². The van der Waals surface area contributed by atoms with Crippen LogP contribution in [0.5, 0.6) is 0 Å². The predicted octanol–water partition coefficient (Wildman–Crippen LogP) is 2.28. The second-order valence-electron chi connectivity index (χ2n) is 3.17. The van der Waals surface area contributed by atoms with Crippen LogP contribution in [0.15, 0.2) is 41.3 Å². The van der Waals surface area contributed by atoms with E-state index in [9.17, 15) is 0 Å². The van der Waals surface area contributed by atoms with Crippen LogP contribution in [0.4, 0.5) is 0 Å². The van der Waals surface area contributed by atoms with Crippen molar-refractivity contribution in [1.82, 2.24) is 4.90 Å². The summed E-state index contributed by atoms with van der Waals surface area (Å²) >= 11 is 0. The van der Waals surface area contributed by atoms with E-state index < -0.39 is 0 Å². The molecule has 0 aromatic rings. The lowest BCUT2D eigenvalue weighted by molar-refractivity contribution is 0.724. The van der Waals surface area contributed by atoms with Gasteiger partial charge in [-0.05, 0) is 18.4 Å². The van der Waals surface area contributed by atoms with Crippen LogP contribution in [0.3, 0.4) is 0 Å². The van der Waals surface area contributed by atoms with Gasteiger partial charge < -0.3 is 4.90 Å². The maximum atomic E-state index is 4.06. The average Bonchev–Trinajstić information content (AvgIpc) is 2.29. The second-order valence-corrected chi connectivity index (χ2v) is 3.17. The lowest BCUT2D eigenvalue weighted by Crippen LogP contribution is -2.14. The fourth-order valence-corrected chi connectivity index (χ4v) is 1.31. The molecule has 0 N–H and O–H groups in total. The molecule has 0 aromatic carbocycles. The number of nitrogens with zero attached hydrogens (tertiary/aromatic N) is 2.